The van der Waals surface area contributed by atoms with E-state index in [1.54, 1.807) is 0 Å². The zero-order chi connectivity index (χ0) is 15.1. The van der Waals surface area contributed by atoms with Crippen LogP contribution in [-0.4, -0.2) is 60.1 Å². The van der Waals surface area contributed by atoms with Crippen LogP contribution in [0.15, 0.2) is 35.5 Å². The molecule has 0 radical (unpaired) electrons. The molecule has 0 amide bonds. The number of rotatable bonds is 6. The van der Waals surface area contributed by atoms with E-state index in [0.717, 1.165) is 38.3 Å². The topological polar surface area (TPSA) is 65.1 Å². The van der Waals surface area contributed by atoms with Crippen LogP contribution in [0.5, 0.6) is 0 Å². The lowest BCUT2D eigenvalue weighted by atomic mass is 9.97. The Kier molecular flexibility index (Phi) is 6.02. The molecule has 0 saturated carbocycles. The van der Waals surface area contributed by atoms with Crippen LogP contribution in [0.1, 0.15) is 24.8 Å². The molecule has 5 heteroatoms. The first-order valence-corrected chi connectivity index (χ1v) is 7.71. The number of piperazine rings is 1. The summed E-state index contributed by atoms with van der Waals surface area (Å²) in [5, 5.41) is 12.3. The molecule has 3 N–H and O–H groups in total. The molecule has 1 atom stereocenters. The Morgan fingerprint density at radius 2 is 1.81 bits per heavy atom. The molecule has 0 aromatic heterocycles. The average molecular weight is 290 g/mol. The summed E-state index contributed by atoms with van der Waals surface area (Å²) in [7, 11) is 0. The molecule has 1 aromatic rings. The Hall–Kier alpha value is -1.59. The number of hydrogen-bond donors (Lipinski definition) is 2. The molecular formula is C16H26N4O. The highest BCUT2D eigenvalue weighted by Gasteiger charge is 2.23. The molecular weight excluding hydrogens is 264 g/mol. The van der Waals surface area contributed by atoms with E-state index in [1.165, 1.54) is 13.0 Å². The largest absolute Gasteiger partial charge is 0.409 e. The highest BCUT2D eigenvalue weighted by atomic mass is 16.4. The second kappa shape index (κ2) is 8.00. The van der Waals surface area contributed by atoms with Crippen LogP contribution in [0.2, 0.25) is 0 Å². The van der Waals surface area contributed by atoms with Crippen molar-refractivity contribution in [3.8, 4) is 0 Å². The van der Waals surface area contributed by atoms with Crippen LogP contribution in [0, 0.1) is 0 Å². The summed E-state index contributed by atoms with van der Waals surface area (Å²) < 4.78 is 0. The number of hydrogen-bond acceptors (Lipinski definition) is 4. The van der Waals surface area contributed by atoms with Crippen molar-refractivity contribution in [3.63, 3.8) is 0 Å². The van der Waals surface area contributed by atoms with Crippen molar-refractivity contribution in [1.82, 2.24) is 9.80 Å². The smallest absolute Gasteiger partial charge is 0.147 e. The van der Waals surface area contributed by atoms with Crippen LogP contribution >= 0.6 is 0 Å². The summed E-state index contributed by atoms with van der Waals surface area (Å²) in [6.45, 7) is 8.49. The molecule has 1 fully saturated rings. The minimum absolute atomic E-state index is 0.0473. The molecule has 1 unspecified atom stereocenters. The second-order valence-corrected chi connectivity index (χ2v) is 5.63. The molecule has 0 bridgehead atoms. The third-order valence-electron chi connectivity index (χ3n) is 4.12. The van der Waals surface area contributed by atoms with Crippen molar-refractivity contribution < 1.29 is 5.21 Å². The summed E-state index contributed by atoms with van der Waals surface area (Å²) in [6, 6.07) is 10.0. The average Bonchev–Trinajstić information content (AvgIpc) is 2.54. The molecule has 1 aliphatic heterocycles. The van der Waals surface area contributed by atoms with Gasteiger partial charge in [-0.1, -0.05) is 42.4 Å². The molecule has 1 saturated heterocycles. The minimum Gasteiger partial charge on any atom is -0.409 e. The van der Waals surface area contributed by atoms with Gasteiger partial charge in [-0.15, -0.1) is 0 Å². The molecule has 0 aliphatic carbocycles. The lowest BCUT2D eigenvalue weighted by Gasteiger charge is -2.36. The van der Waals surface area contributed by atoms with Crippen molar-refractivity contribution in [2.45, 2.75) is 19.3 Å². The second-order valence-electron chi connectivity index (χ2n) is 5.63. The Bertz CT molecular complexity index is 441. The highest BCUT2D eigenvalue weighted by Crippen LogP contribution is 2.18. The van der Waals surface area contributed by atoms with Gasteiger partial charge in [-0.3, -0.25) is 4.90 Å². The van der Waals surface area contributed by atoms with Crippen LogP contribution in [-0.2, 0) is 0 Å². The highest BCUT2D eigenvalue weighted by molar-refractivity contribution is 5.87. The summed E-state index contributed by atoms with van der Waals surface area (Å²) in [4.78, 5) is 4.90. The number of nitrogens with two attached hydrogens (primary N) is 1. The maximum atomic E-state index is 9.04. The maximum Gasteiger partial charge on any atom is 0.147 e. The number of amidine groups is 1. The van der Waals surface area contributed by atoms with Crippen LogP contribution < -0.4 is 5.73 Å². The summed E-state index contributed by atoms with van der Waals surface area (Å²) >= 11 is 0. The number of benzene rings is 1. The zero-order valence-corrected chi connectivity index (χ0v) is 12.8. The van der Waals surface area contributed by atoms with Gasteiger partial charge >= 0.3 is 0 Å². The fraction of sp³-hybridized carbons (Fsp3) is 0.562. The summed E-state index contributed by atoms with van der Waals surface area (Å²) in [5.74, 6) is 0.242. The molecule has 116 valence electrons. The predicted molar refractivity (Wildman–Crippen MR) is 85.8 cm³/mol. The molecule has 1 aromatic carbocycles. The van der Waals surface area contributed by atoms with Crippen molar-refractivity contribution in [3.05, 3.63) is 35.9 Å². The number of nitrogens with zero attached hydrogens (tertiary/aromatic N) is 3. The van der Waals surface area contributed by atoms with Gasteiger partial charge in [-0.05, 0) is 18.5 Å². The van der Waals surface area contributed by atoms with Crippen molar-refractivity contribution in [2.75, 3.05) is 39.3 Å². The SMILES string of the molecule is CCCN1CCN(CC(C(N)=NO)c2ccccc2)CC1. The van der Waals surface area contributed by atoms with E-state index in [2.05, 4.69) is 21.9 Å². The van der Waals surface area contributed by atoms with E-state index in [4.69, 9.17) is 10.9 Å². The van der Waals surface area contributed by atoms with Crippen molar-refractivity contribution >= 4 is 5.84 Å². The van der Waals surface area contributed by atoms with E-state index in [-0.39, 0.29) is 11.8 Å². The van der Waals surface area contributed by atoms with Gasteiger partial charge in [0.2, 0.25) is 0 Å². The van der Waals surface area contributed by atoms with E-state index in [1.807, 2.05) is 30.3 Å². The first kappa shape index (κ1) is 15.8. The van der Waals surface area contributed by atoms with Gasteiger partial charge in [0.05, 0.1) is 5.92 Å². The van der Waals surface area contributed by atoms with Gasteiger partial charge in [0, 0.05) is 32.7 Å². The normalized spacial score (nSPS) is 19.6. The standard InChI is InChI=1S/C16H26N4O/c1-2-8-19-9-11-20(12-10-19)13-15(16(17)18-21)14-6-4-3-5-7-14/h3-7,15,21H,2,8-13H2,1H3,(H2,17,18). The third kappa shape index (κ3) is 4.44. The lowest BCUT2D eigenvalue weighted by molar-refractivity contribution is 0.131. The fourth-order valence-corrected chi connectivity index (χ4v) is 2.89. The van der Waals surface area contributed by atoms with Gasteiger partial charge in [-0.2, -0.15) is 0 Å². The molecule has 2 rings (SSSR count). The Morgan fingerprint density at radius 3 is 2.38 bits per heavy atom. The summed E-state index contributed by atoms with van der Waals surface area (Å²) in [6.07, 6.45) is 1.21. The Labute approximate surface area is 127 Å². The van der Waals surface area contributed by atoms with Gasteiger partial charge < -0.3 is 15.8 Å². The van der Waals surface area contributed by atoms with Gasteiger partial charge in [0.15, 0.2) is 0 Å². The Morgan fingerprint density at radius 1 is 1.19 bits per heavy atom. The van der Waals surface area contributed by atoms with Gasteiger partial charge in [0.25, 0.3) is 0 Å². The third-order valence-corrected chi connectivity index (χ3v) is 4.12. The van der Waals surface area contributed by atoms with Crippen molar-refractivity contribution in [1.29, 1.82) is 0 Å². The molecule has 0 spiro atoms. The summed E-state index contributed by atoms with van der Waals surface area (Å²) in [5.41, 5.74) is 7.01. The molecule has 1 heterocycles. The first-order valence-electron chi connectivity index (χ1n) is 7.71. The maximum absolute atomic E-state index is 9.04. The van der Waals surface area contributed by atoms with E-state index < -0.39 is 0 Å². The quantitative estimate of drug-likeness (QED) is 0.361. The van der Waals surface area contributed by atoms with Crippen LogP contribution in [0.4, 0.5) is 0 Å². The Balaban J connectivity index is 1.98. The predicted octanol–water partition coefficient (Wildman–Crippen LogP) is 1.54. The first-order chi connectivity index (χ1) is 10.2. The molecule has 1 aliphatic rings. The van der Waals surface area contributed by atoms with Crippen molar-refractivity contribution in [2.24, 2.45) is 10.9 Å². The fourth-order valence-electron chi connectivity index (χ4n) is 2.89. The van der Waals surface area contributed by atoms with Gasteiger partial charge in [0.1, 0.15) is 5.84 Å². The monoisotopic (exact) mass is 290 g/mol. The van der Waals surface area contributed by atoms with E-state index in [0.29, 0.717) is 0 Å². The number of oxime groups is 1. The van der Waals surface area contributed by atoms with Crippen LogP contribution in [0.3, 0.4) is 0 Å². The molecule has 21 heavy (non-hydrogen) atoms. The minimum atomic E-state index is -0.0473. The van der Waals surface area contributed by atoms with E-state index >= 15 is 0 Å². The molecule has 5 nitrogen and oxygen atoms in total. The zero-order valence-electron chi connectivity index (χ0n) is 12.8. The van der Waals surface area contributed by atoms with Gasteiger partial charge in [-0.25, -0.2) is 0 Å². The van der Waals surface area contributed by atoms with Crippen LogP contribution in [0.25, 0.3) is 0 Å². The van der Waals surface area contributed by atoms with E-state index in [9.17, 15) is 0 Å². The lowest BCUT2D eigenvalue weighted by Crippen LogP contribution is -2.48.